The highest BCUT2D eigenvalue weighted by molar-refractivity contribution is 5.85. The zero-order valence-corrected chi connectivity index (χ0v) is 12.6. The quantitative estimate of drug-likeness (QED) is 0.811. The summed E-state index contributed by atoms with van der Waals surface area (Å²) in [6, 6.07) is 0.0834. The van der Waals surface area contributed by atoms with E-state index >= 15 is 0 Å². The van der Waals surface area contributed by atoms with Gasteiger partial charge in [-0.3, -0.25) is 9.59 Å². The van der Waals surface area contributed by atoms with Crippen LogP contribution < -0.4 is 5.32 Å². The minimum atomic E-state index is -0.826. The van der Waals surface area contributed by atoms with Gasteiger partial charge in [0.05, 0.1) is 24.0 Å². The molecule has 0 aromatic rings. The highest BCUT2D eigenvalue weighted by Crippen LogP contribution is 2.41. The number of hydrogen-bond acceptors (Lipinski definition) is 3. The lowest BCUT2D eigenvalue weighted by atomic mass is 9.94. The standard InChI is InChI=1S/C16H25NO4/c1-2-9-7-11(12(8-9)16(19)20)15(18)17-13-5-6-21-14(13)10-3-4-10/h9-14H,2-8H2,1H3,(H,17,18)(H,19,20). The first kappa shape index (κ1) is 14.8. The Morgan fingerprint density at radius 3 is 2.52 bits per heavy atom. The van der Waals surface area contributed by atoms with Crippen LogP contribution in [0.3, 0.4) is 0 Å². The lowest BCUT2D eigenvalue weighted by molar-refractivity contribution is -0.146. The first-order valence-electron chi connectivity index (χ1n) is 8.25. The Morgan fingerprint density at radius 1 is 1.19 bits per heavy atom. The summed E-state index contributed by atoms with van der Waals surface area (Å²) in [5.41, 5.74) is 0. The van der Waals surface area contributed by atoms with Crippen molar-refractivity contribution in [3.63, 3.8) is 0 Å². The summed E-state index contributed by atoms with van der Waals surface area (Å²) in [6.07, 6.45) is 5.68. The van der Waals surface area contributed by atoms with Gasteiger partial charge >= 0.3 is 5.97 Å². The number of carboxylic acids is 1. The first-order chi connectivity index (χ1) is 10.1. The van der Waals surface area contributed by atoms with Crippen molar-refractivity contribution in [2.75, 3.05) is 6.61 Å². The molecule has 0 bridgehead atoms. The second-order valence-corrected chi connectivity index (χ2v) is 6.87. The largest absolute Gasteiger partial charge is 0.481 e. The van der Waals surface area contributed by atoms with Crippen LogP contribution in [0.25, 0.3) is 0 Å². The first-order valence-corrected chi connectivity index (χ1v) is 8.25. The van der Waals surface area contributed by atoms with Gasteiger partial charge in [-0.2, -0.15) is 0 Å². The second-order valence-electron chi connectivity index (χ2n) is 6.87. The van der Waals surface area contributed by atoms with Crippen LogP contribution >= 0.6 is 0 Å². The lowest BCUT2D eigenvalue weighted by Gasteiger charge is -2.23. The Kier molecular flexibility index (Phi) is 4.20. The van der Waals surface area contributed by atoms with E-state index in [1.807, 2.05) is 0 Å². The van der Waals surface area contributed by atoms with Crippen LogP contribution in [0.2, 0.25) is 0 Å². The zero-order chi connectivity index (χ0) is 15.0. The summed E-state index contributed by atoms with van der Waals surface area (Å²) in [5, 5.41) is 12.4. The molecule has 5 nitrogen and oxygen atoms in total. The average molecular weight is 295 g/mol. The van der Waals surface area contributed by atoms with Gasteiger partial charge in [0.25, 0.3) is 0 Å². The summed E-state index contributed by atoms with van der Waals surface area (Å²) in [6.45, 7) is 2.77. The van der Waals surface area contributed by atoms with E-state index in [-0.39, 0.29) is 24.0 Å². The number of carbonyl (C=O) groups is 2. The number of aliphatic carboxylic acids is 1. The van der Waals surface area contributed by atoms with Gasteiger partial charge in [0, 0.05) is 6.61 Å². The number of ether oxygens (including phenoxy) is 1. The number of carbonyl (C=O) groups excluding carboxylic acids is 1. The molecule has 5 atom stereocenters. The molecule has 1 amide bonds. The molecule has 2 aliphatic carbocycles. The third-order valence-electron chi connectivity index (χ3n) is 5.44. The molecule has 0 aromatic heterocycles. The number of rotatable bonds is 5. The smallest absolute Gasteiger partial charge is 0.307 e. The second kappa shape index (κ2) is 5.95. The van der Waals surface area contributed by atoms with Crippen LogP contribution in [-0.4, -0.2) is 35.7 Å². The van der Waals surface area contributed by atoms with Crippen molar-refractivity contribution >= 4 is 11.9 Å². The minimum absolute atomic E-state index is 0.0699. The Bertz CT molecular complexity index is 421. The fourth-order valence-corrected chi connectivity index (χ4v) is 3.98. The molecule has 1 saturated heterocycles. The predicted molar refractivity (Wildman–Crippen MR) is 76.6 cm³/mol. The van der Waals surface area contributed by atoms with Gasteiger partial charge < -0.3 is 15.2 Å². The van der Waals surface area contributed by atoms with Crippen molar-refractivity contribution in [2.45, 2.75) is 57.6 Å². The SMILES string of the molecule is CCC1CC(C(=O)O)C(C(=O)NC2CCOC2C2CC2)C1. The molecule has 5 unspecified atom stereocenters. The van der Waals surface area contributed by atoms with E-state index in [0.29, 0.717) is 31.3 Å². The van der Waals surface area contributed by atoms with Gasteiger partial charge in [-0.25, -0.2) is 0 Å². The maximum Gasteiger partial charge on any atom is 0.307 e. The van der Waals surface area contributed by atoms with E-state index < -0.39 is 11.9 Å². The Hall–Kier alpha value is -1.10. The third-order valence-corrected chi connectivity index (χ3v) is 5.44. The molecule has 3 fully saturated rings. The van der Waals surface area contributed by atoms with E-state index in [9.17, 15) is 14.7 Å². The minimum Gasteiger partial charge on any atom is -0.481 e. The molecule has 0 spiro atoms. The summed E-state index contributed by atoms with van der Waals surface area (Å²) < 4.78 is 5.74. The number of carboxylic acid groups (broad SMARTS) is 1. The van der Waals surface area contributed by atoms with Gasteiger partial charge in [0.15, 0.2) is 0 Å². The molecule has 0 radical (unpaired) electrons. The van der Waals surface area contributed by atoms with E-state index in [1.54, 1.807) is 0 Å². The monoisotopic (exact) mass is 295 g/mol. The lowest BCUT2D eigenvalue weighted by Crippen LogP contribution is -2.45. The maximum atomic E-state index is 12.5. The van der Waals surface area contributed by atoms with Gasteiger partial charge in [-0.1, -0.05) is 13.3 Å². The molecular formula is C16H25NO4. The zero-order valence-electron chi connectivity index (χ0n) is 12.6. The summed E-state index contributed by atoms with van der Waals surface area (Å²) in [4.78, 5) is 23.9. The Morgan fingerprint density at radius 2 is 1.90 bits per heavy atom. The molecule has 118 valence electrons. The molecule has 3 rings (SSSR count). The van der Waals surface area contributed by atoms with Gasteiger partial charge in [0.2, 0.25) is 5.91 Å². The number of nitrogens with one attached hydrogen (secondary N) is 1. The Balaban J connectivity index is 1.62. The molecule has 1 heterocycles. The van der Waals surface area contributed by atoms with Crippen LogP contribution in [0.15, 0.2) is 0 Å². The van der Waals surface area contributed by atoms with Crippen molar-refractivity contribution in [1.29, 1.82) is 0 Å². The van der Waals surface area contributed by atoms with Crippen molar-refractivity contribution in [3.8, 4) is 0 Å². The van der Waals surface area contributed by atoms with Crippen LogP contribution in [0, 0.1) is 23.7 Å². The molecule has 5 heteroatoms. The van der Waals surface area contributed by atoms with E-state index in [4.69, 9.17) is 4.74 Å². The van der Waals surface area contributed by atoms with Crippen LogP contribution in [-0.2, 0) is 14.3 Å². The molecule has 0 aromatic carbocycles. The fourth-order valence-electron chi connectivity index (χ4n) is 3.98. The van der Waals surface area contributed by atoms with Crippen LogP contribution in [0.5, 0.6) is 0 Å². The van der Waals surface area contributed by atoms with Crippen molar-refractivity contribution in [1.82, 2.24) is 5.32 Å². The average Bonchev–Trinajstić information content (AvgIpc) is 3.03. The van der Waals surface area contributed by atoms with Gasteiger partial charge in [-0.05, 0) is 43.9 Å². The van der Waals surface area contributed by atoms with E-state index in [1.165, 1.54) is 12.8 Å². The molecule has 2 N–H and O–H groups in total. The molecule has 2 saturated carbocycles. The Labute approximate surface area is 125 Å². The topological polar surface area (TPSA) is 75.6 Å². The molecule has 3 aliphatic rings. The maximum absolute atomic E-state index is 12.5. The third kappa shape index (κ3) is 3.07. The summed E-state index contributed by atoms with van der Waals surface area (Å²) in [7, 11) is 0. The van der Waals surface area contributed by atoms with Crippen molar-refractivity contribution in [3.05, 3.63) is 0 Å². The predicted octanol–water partition coefficient (Wildman–Crippen LogP) is 1.81. The molecular weight excluding hydrogens is 270 g/mol. The highest BCUT2D eigenvalue weighted by Gasteiger charge is 2.45. The normalized spacial score (nSPS) is 39.4. The van der Waals surface area contributed by atoms with E-state index in [0.717, 1.165) is 12.8 Å². The number of amides is 1. The van der Waals surface area contributed by atoms with Gasteiger partial charge in [-0.15, -0.1) is 0 Å². The van der Waals surface area contributed by atoms with Crippen molar-refractivity contribution < 1.29 is 19.4 Å². The van der Waals surface area contributed by atoms with Gasteiger partial charge in [0.1, 0.15) is 0 Å². The fraction of sp³-hybridized carbons (Fsp3) is 0.875. The molecule has 21 heavy (non-hydrogen) atoms. The summed E-state index contributed by atoms with van der Waals surface area (Å²) >= 11 is 0. The summed E-state index contributed by atoms with van der Waals surface area (Å²) in [5.74, 6) is -0.822. The molecule has 1 aliphatic heterocycles. The van der Waals surface area contributed by atoms with Crippen LogP contribution in [0.4, 0.5) is 0 Å². The van der Waals surface area contributed by atoms with Crippen molar-refractivity contribution in [2.24, 2.45) is 23.7 Å². The van der Waals surface area contributed by atoms with Crippen LogP contribution in [0.1, 0.15) is 45.4 Å². The number of hydrogen-bond donors (Lipinski definition) is 2. The highest BCUT2D eigenvalue weighted by atomic mass is 16.5. The van der Waals surface area contributed by atoms with E-state index in [2.05, 4.69) is 12.2 Å².